The van der Waals surface area contributed by atoms with Crippen molar-refractivity contribution < 1.29 is 18.7 Å². The second-order valence-corrected chi connectivity index (χ2v) is 2.22. The summed E-state index contributed by atoms with van der Waals surface area (Å²) < 4.78 is 24.5. The minimum Gasteiger partial charge on any atom is -0.465 e. The lowest BCUT2D eigenvalue weighted by Gasteiger charge is -2.07. The van der Waals surface area contributed by atoms with Crippen molar-refractivity contribution in [2.24, 2.45) is 0 Å². The van der Waals surface area contributed by atoms with Crippen molar-refractivity contribution in [1.29, 1.82) is 0 Å². The fraction of sp³-hybridized carbons (Fsp3) is 0.800. The Balaban J connectivity index is 2.49. The second-order valence-electron chi connectivity index (χ2n) is 2.22. The number of rotatable bonds is 0. The molecule has 2 atom stereocenters. The van der Waals surface area contributed by atoms with E-state index in [0.717, 1.165) is 4.90 Å². The minimum atomic E-state index is -1.64. The molecule has 1 aliphatic heterocycles. The molecule has 1 amide bonds. The molecule has 0 aromatic carbocycles. The summed E-state index contributed by atoms with van der Waals surface area (Å²) in [5, 5.41) is 8.24. The van der Waals surface area contributed by atoms with Crippen LogP contribution in [0.4, 0.5) is 13.6 Å². The van der Waals surface area contributed by atoms with Gasteiger partial charge in [0.05, 0.1) is 13.1 Å². The Hall–Kier alpha value is -0.870. The van der Waals surface area contributed by atoms with Crippen molar-refractivity contribution >= 4 is 6.09 Å². The molecule has 5 heteroatoms. The molecule has 0 spiro atoms. The maximum atomic E-state index is 12.2. The summed E-state index contributed by atoms with van der Waals surface area (Å²) in [5.41, 5.74) is 0. The molecule has 10 heavy (non-hydrogen) atoms. The molecule has 0 saturated carbocycles. The second kappa shape index (κ2) is 2.40. The summed E-state index contributed by atoms with van der Waals surface area (Å²) in [6.45, 7) is -0.674. The van der Waals surface area contributed by atoms with Gasteiger partial charge in [-0.1, -0.05) is 0 Å². The Morgan fingerprint density at radius 2 is 1.80 bits per heavy atom. The van der Waals surface area contributed by atoms with E-state index in [1.54, 1.807) is 0 Å². The number of carbonyl (C=O) groups is 1. The molecular formula is C5H7F2NO2. The van der Waals surface area contributed by atoms with Gasteiger partial charge in [-0.2, -0.15) is 0 Å². The summed E-state index contributed by atoms with van der Waals surface area (Å²) in [5.74, 6) is 0. The minimum absolute atomic E-state index is 0.337. The third kappa shape index (κ3) is 1.17. The van der Waals surface area contributed by atoms with Gasteiger partial charge in [0, 0.05) is 0 Å². The molecule has 1 rings (SSSR count). The number of likely N-dealkylation sites (tertiary alicyclic amines) is 1. The molecule has 0 bridgehead atoms. The summed E-state index contributed by atoms with van der Waals surface area (Å²) >= 11 is 0. The zero-order valence-corrected chi connectivity index (χ0v) is 5.13. The highest BCUT2D eigenvalue weighted by molar-refractivity contribution is 5.65. The van der Waals surface area contributed by atoms with Crippen LogP contribution < -0.4 is 0 Å². The van der Waals surface area contributed by atoms with Gasteiger partial charge in [-0.3, -0.25) is 0 Å². The smallest absolute Gasteiger partial charge is 0.407 e. The fourth-order valence-corrected chi connectivity index (χ4v) is 0.881. The number of alkyl halides is 2. The van der Waals surface area contributed by atoms with Crippen LogP contribution >= 0.6 is 0 Å². The molecule has 0 aromatic rings. The van der Waals surface area contributed by atoms with Gasteiger partial charge in [-0.15, -0.1) is 0 Å². The van der Waals surface area contributed by atoms with Crippen molar-refractivity contribution in [1.82, 2.24) is 4.90 Å². The van der Waals surface area contributed by atoms with Crippen LogP contribution in [0, 0.1) is 0 Å². The van der Waals surface area contributed by atoms with Gasteiger partial charge < -0.3 is 10.0 Å². The fourth-order valence-electron chi connectivity index (χ4n) is 0.881. The van der Waals surface area contributed by atoms with Crippen molar-refractivity contribution in [3.8, 4) is 0 Å². The van der Waals surface area contributed by atoms with Gasteiger partial charge in [0.2, 0.25) is 0 Å². The first-order valence-electron chi connectivity index (χ1n) is 2.87. The van der Waals surface area contributed by atoms with Gasteiger partial charge in [0.1, 0.15) is 0 Å². The summed E-state index contributed by atoms with van der Waals surface area (Å²) in [4.78, 5) is 10.8. The van der Waals surface area contributed by atoms with Crippen LogP contribution in [0.25, 0.3) is 0 Å². The SMILES string of the molecule is O=C(O)N1C[C@@H](F)[C@@H](F)C1. The Labute approximate surface area is 56.2 Å². The molecule has 1 heterocycles. The van der Waals surface area contributed by atoms with Gasteiger partial charge in [-0.25, -0.2) is 13.6 Å². The number of nitrogens with zero attached hydrogens (tertiary/aromatic N) is 1. The summed E-state index contributed by atoms with van der Waals surface area (Å²) in [6, 6.07) is 0. The highest BCUT2D eigenvalue weighted by Crippen LogP contribution is 2.15. The first-order valence-corrected chi connectivity index (χ1v) is 2.87. The van der Waals surface area contributed by atoms with Crippen molar-refractivity contribution in [3.63, 3.8) is 0 Å². The Kier molecular flexibility index (Phi) is 1.74. The molecule has 0 unspecified atom stereocenters. The zero-order valence-electron chi connectivity index (χ0n) is 5.13. The van der Waals surface area contributed by atoms with E-state index in [9.17, 15) is 13.6 Å². The molecule has 3 nitrogen and oxygen atoms in total. The van der Waals surface area contributed by atoms with Crippen molar-refractivity contribution in [3.05, 3.63) is 0 Å². The molecule has 1 N–H and O–H groups in total. The topological polar surface area (TPSA) is 40.5 Å². The van der Waals surface area contributed by atoms with E-state index >= 15 is 0 Å². The summed E-state index contributed by atoms with van der Waals surface area (Å²) in [7, 11) is 0. The van der Waals surface area contributed by atoms with Crippen LogP contribution in [-0.2, 0) is 0 Å². The largest absolute Gasteiger partial charge is 0.465 e. The zero-order chi connectivity index (χ0) is 7.72. The highest BCUT2D eigenvalue weighted by atomic mass is 19.2. The Morgan fingerprint density at radius 3 is 2.00 bits per heavy atom. The molecular weight excluding hydrogens is 144 g/mol. The number of carboxylic acid groups (broad SMARTS) is 1. The predicted molar refractivity (Wildman–Crippen MR) is 29.4 cm³/mol. The van der Waals surface area contributed by atoms with Crippen LogP contribution in [0.2, 0.25) is 0 Å². The van der Waals surface area contributed by atoms with Crippen LogP contribution in [-0.4, -0.2) is 41.5 Å². The van der Waals surface area contributed by atoms with Crippen molar-refractivity contribution in [2.45, 2.75) is 12.3 Å². The molecule has 1 aliphatic rings. The maximum absolute atomic E-state index is 12.2. The highest BCUT2D eigenvalue weighted by Gasteiger charge is 2.35. The number of hydrogen-bond acceptors (Lipinski definition) is 1. The van der Waals surface area contributed by atoms with Gasteiger partial charge >= 0.3 is 6.09 Å². The third-order valence-electron chi connectivity index (χ3n) is 1.45. The molecule has 58 valence electrons. The van der Waals surface area contributed by atoms with E-state index in [1.165, 1.54) is 0 Å². The Bertz CT molecular complexity index is 143. The molecule has 0 radical (unpaired) electrons. The van der Waals surface area contributed by atoms with Crippen LogP contribution in [0.1, 0.15) is 0 Å². The van der Waals surface area contributed by atoms with Crippen LogP contribution in [0.15, 0.2) is 0 Å². The first kappa shape index (κ1) is 7.24. The standard InChI is InChI=1S/C5H7F2NO2/c6-3-1-8(5(9)10)2-4(3)7/h3-4H,1-2H2,(H,9,10)/t3-,4+. The quantitative estimate of drug-likeness (QED) is 0.552. The lowest BCUT2D eigenvalue weighted by molar-refractivity contribution is 0.151. The maximum Gasteiger partial charge on any atom is 0.407 e. The molecule has 1 saturated heterocycles. The van der Waals surface area contributed by atoms with Crippen LogP contribution in [0.5, 0.6) is 0 Å². The molecule has 1 fully saturated rings. The molecule has 0 aromatic heterocycles. The van der Waals surface area contributed by atoms with Gasteiger partial charge in [0.25, 0.3) is 0 Å². The van der Waals surface area contributed by atoms with E-state index in [2.05, 4.69) is 0 Å². The van der Waals surface area contributed by atoms with Crippen molar-refractivity contribution in [2.75, 3.05) is 13.1 Å². The number of amides is 1. The lowest BCUT2D eigenvalue weighted by atomic mass is 10.3. The van der Waals surface area contributed by atoms with Crippen LogP contribution in [0.3, 0.4) is 0 Å². The lowest BCUT2D eigenvalue weighted by Crippen LogP contribution is -2.27. The predicted octanol–water partition coefficient (Wildman–Crippen LogP) is 0.656. The number of hydrogen-bond donors (Lipinski definition) is 1. The third-order valence-corrected chi connectivity index (χ3v) is 1.45. The van der Waals surface area contributed by atoms with E-state index < -0.39 is 18.4 Å². The van der Waals surface area contributed by atoms with E-state index in [4.69, 9.17) is 5.11 Å². The van der Waals surface area contributed by atoms with E-state index in [0.29, 0.717) is 0 Å². The van der Waals surface area contributed by atoms with E-state index in [-0.39, 0.29) is 13.1 Å². The van der Waals surface area contributed by atoms with Gasteiger partial charge in [-0.05, 0) is 0 Å². The first-order chi connectivity index (χ1) is 4.61. The van der Waals surface area contributed by atoms with Gasteiger partial charge in [0.15, 0.2) is 12.3 Å². The normalized spacial score (nSPS) is 32.8. The number of halogens is 2. The molecule has 0 aliphatic carbocycles. The Morgan fingerprint density at radius 1 is 1.40 bits per heavy atom. The monoisotopic (exact) mass is 151 g/mol. The average molecular weight is 151 g/mol. The summed E-state index contributed by atoms with van der Waals surface area (Å²) in [6.07, 6.45) is -4.55. The average Bonchev–Trinajstić information content (AvgIpc) is 2.13. The van der Waals surface area contributed by atoms with E-state index in [1.807, 2.05) is 0 Å².